The molecule has 0 radical (unpaired) electrons. The van der Waals surface area contributed by atoms with Crippen LogP contribution in [-0.2, 0) is 11.2 Å². The van der Waals surface area contributed by atoms with Gasteiger partial charge in [-0.25, -0.2) is 0 Å². The third kappa shape index (κ3) is 4.45. The minimum absolute atomic E-state index is 0.221. The smallest absolute Gasteiger partial charge is 0.120 e. The van der Waals surface area contributed by atoms with Crippen molar-refractivity contribution in [2.75, 3.05) is 13.2 Å². The molecule has 0 spiro atoms. The van der Waals surface area contributed by atoms with Gasteiger partial charge < -0.3 is 14.6 Å². The number of benzene rings is 1. The van der Waals surface area contributed by atoms with Crippen LogP contribution in [0.1, 0.15) is 25.3 Å². The van der Waals surface area contributed by atoms with Crippen LogP contribution in [0.4, 0.5) is 0 Å². The summed E-state index contributed by atoms with van der Waals surface area (Å²) >= 11 is 0. The van der Waals surface area contributed by atoms with Gasteiger partial charge in [-0.05, 0) is 24.1 Å². The quantitative estimate of drug-likeness (QED) is 0.653. The third-order valence-electron chi connectivity index (χ3n) is 2.25. The van der Waals surface area contributed by atoms with E-state index < -0.39 is 6.61 Å². The molecule has 0 amide bonds. The highest BCUT2D eigenvalue weighted by Gasteiger charge is 1.99. The van der Waals surface area contributed by atoms with Gasteiger partial charge in [0, 0.05) is 6.42 Å². The molecule has 3 heteroatoms. The third-order valence-corrected chi connectivity index (χ3v) is 2.25. The average Bonchev–Trinajstić information content (AvgIpc) is 2.31. The molecular weight excluding hydrogens is 204 g/mol. The second kappa shape index (κ2) is 7.01. The minimum Gasteiger partial charge on any atom is -0.849 e. The zero-order valence-corrected chi connectivity index (χ0v) is 9.57. The van der Waals surface area contributed by atoms with Crippen LogP contribution in [0.15, 0.2) is 24.3 Å². The number of ketones is 1. The number of hydrogen-bond acceptors (Lipinski definition) is 3. The largest absolute Gasteiger partial charge is 0.849 e. The van der Waals surface area contributed by atoms with E-state index in [0.29, 0.717) is 0 Å². The monoisotopic (exact) mass is 221 g/mol. The predicted octanol–water partition coefficient (Wildman–Crippen LogP) is 1.34. The van der Waals surface area contributed by atoms with Crippen molar-refractivity contribution in [3.63, 3.8) is 0 Å². The van der Waals surface area contributed by atoms with Gasteiger partial charge in [0.05, 0.1) is 6.61 Å². The van der Waals surface area contributed by atoms with Crippen LogP contribution in [-0.4, -0.2) is 19.0 Å². The van der Waals surface area contributed by atoms with Crippen molar-refractivity contribution in [1.29, 1.82) is 0 Å². The van der Waals surface area contributed by atoms with Crippen molar-refractivity contribution in [3.8, 4) is 5.75 Å². The van der Waals surface area contributed by atoms with E-state index in [9.17, 15) is 9.90 Å². The van der Waals surface area contributed by atoms with E-state index >= 15 is 0 Å². The lowest BCUT2D eigenvalue weighted by Crippen LogP contribution is -2.19. The Hall–Kier alpha value is -1.35. The Labute approximate surface area is 96.1 Å². The van der Waals surface area contributed by atoms with Gasteiger partial charge in [0.25, 0.3) is 0 Å². The Kier molecular flexibility index (Phi) is 5.57. The molecule has 1 aromatic rings. The highest BCUT2D eigenvalue weighted by molar-refractivity contribution is 5.81. The van der Waals surface area contributed by atoms with E-state index in [1.54, 1.807) is 0 Å². The highest BCUT2D eigenvalue weighted by atomic mass is 16.5. The molecule has 0 unspecified atom stereocenters. The molecule has 0 heterocycles. The molecule has 3 nitrogen and oxygen atoms in total. The first-order chi connectivity index (χ1) is 7.76. The van der Waals surface area contributed by atoms with Crippen molar-refractivity contribution >= 4 is 5.78 Å². The zero-order chi connectivity index (χ0) is 11.8. The summed E-state index contributed by atoms with van der Waals surface area (Å²) in [6, 6.07) is 7.33. The summed E-state index contributed by atoms with van der Waals surface area (Å²) in [4.78, 5) is 10.9. The van der Waals surface area contributed by atoms with Gasteiger partial charge in [0.2, 0.25) is 0 Å². The maximum Gasteiger partial charge on any atom is 0.120 e. The lowest BCUT2D eigenvalue weighted by molar-refractivity contribution is -0.354. The van der Waals surface area contributed by atoms with E-state index in [0.717, 1.165) is 30.8 Å². The Morgan fingerprint density at radius 3 is 2.56 bits per heavy atom. The first-order valence-electron chi connectivity index (χ1n) is 5.57. The first-order valence-corrected chi connectivity index (χ1v) is 5.57. The molecule has 1 rings (SSSR count). The number of rotatable bonds is 7. The maximum absolute atomic E-state index is 10.9. The minimum atomic E-state index is -0.644. The molecule has 0 saturated heterocycles. The van der Waals surface area contributed by atoms with Crippen LogP contribution in [0.3, 0.4) is 0 Å². The van der Waals surface area contributed by atoms with E-state index in [2.05, 4.69) is 6.92 Å². The summed E-state index contributed by atoms with van der Waals surface area (Å²) in [6.07, 6.45) is 2.37. The van der Waals surface area contributed by atoms with Crippen molar-refractivity contribution in [2.24, 2.45) is 0 Å². The van der Waals surface area contributed by atoms with E-state index in [-0.39, 0.29) is 12.2 Å². The molecule has 0 aromatic heterocycles. The number of carbonyl (C=O) groups is 1. The summed E-state index contributed by atoms with van der Waals surface area (Å²) in [5, 5.41) is 10.3. The molecular formula is C13H17O3-. The van der Waals surface area contributed by atoms with Gasteiger partial charge in [-0.1, -0.05) is 32.1 Å². The Morgan fingerprint density at radius 2 is 2.00 bits per heavy atom. The number of ether oxygens (including phenoxy) is 1. The van der Waals surface area contributed by atoms with Crippen LogP contribution >= 0.6 is 0 Å². The normalized spacial score (nSPS) is 10.1. The number of hydrogen-bond donors (Lipinski definition) is 0. The lowest BCUT2D eigenvalue weighted by atomic mass is 10.1. The highest BCUT2D eigenvalue weighted by Crippen LogP contribution is 2.13. The van der Waals surface area contributed by atoms with Gasteiger partial charge in [0.15, 0.2) is 0 Å². The Balaban J connectivity index is 2.44. The lowest BCUT2D eigenvalue weighted by Gasteiger charge is -2.07. The molecule has 1 aromatic carbocycles. The first kappa shape index (κ1) is 12.7. The topological polar surface area (TPSA) is 49.4 Å². The van der Waals surface area contributed by atoms with Crippen LogP contribution in [0.5, 0.6) is 5.75 Å². The SMILES string of the molecule is CCCCOc1ccc(CC(=O)C[O-])cc1. The van der Waals surface area contributed by atoms with Gasteiger partial charge in [0.1, 0.15) is 11.5 Å². The standard InChI is InChI=1S/C13H17O3/c1-2-3-8-16-13-6-4-11(5-7-13)9-12(15)10-14/h4-7H,2-3,8-10H2,1H3/q-1. The summed E-state index contributed by atoms with van der Waals surface area (Å²) < 4.78 is 5.49. The fourth-order valence-corrected chi connectivity index (χ4v) is 1.32. The van der Waals surface area contributed by atoms with Crippen molar-refractivity contribution in [2.45, 2.75) is 26.2 Å². The molecule has 0 atom stereocenters. The van der Waals surface area contributed by atoms with Gasteiger partial charge in [-0.3, -0.25) is 0 Å². The van der Waals surface area contributed by atoms with Crippen LogP contribution < -0.4 is 9.84 Å². The molecule has 0 saturated carbocycles. The number of unbranched alkanes of at least 4 members (excludes halogenated alkanes) is 1. The summed E-state index contributed by atoms with van der Waals surface area (Å²) in [5.74, 6) is 0.534. The van der Waals surface area contributed by atoms with Gasteiger partial charge >= 0.3 is 0 Å². The second-order valence-corrected chi connectivity index (χ2v) is 3.71. The molecule has 0 aliphatic carbocycles. The summed E-state index contributed by atoms with van der Waals surface area (Å²) in [7, 11) is 0. The second-order valence-electron chi connectivity index (χ2n) is 3.71. The molecule has 88 valence electrons. The predicted molar refractivity (Wildman–Crippen MR) is 60.4 cm³/mol. The van der Waals surface area contributed by atoms with Crippen molar-refractivity contribution in [3.05, 3.63) is 29.8 Å². The molecule has 0 N–H and O–H groups in total. The Morgan fingerprint density at radius 1 is 1.31 bits per heavy atom. The molecule has 16 heavy (non-hydrogen) atoms. The number of Topliss-reactive ketones (excluding diaryl/α,β-unsaturated/α-hetero) is 1. The average molecular weight is 221 g/mol. The van der Waals surface area contributed by atoms with Crippen molar-refractivity contribution in [1.82, 2.24) is 0 Å². The number of carbonyl (C=O) groups excluding carboxylic acids is 1. The van der Waals surface area contributed by atoms with E-state index in [1.165, 1.54) is 0 Å². The maximum atomic E-state index is 10.9. The summed E-state index contributed by atoms with van der Waals surface area (Å²) in [5.41, 5.74) is 0.865. The zero-order valence-electron chi connectivity index (χ0n) is 9.57. The molecule has 0 fully saturated rings. The van der Waals surface area contributed by atoms with Gasteiger partial charge in [-0.2, -0.15) is 0 Å². The molecule has 0 aliphatic rings. The fourth-order valence-electron chi connectivity index (χ4n) is 1.32. The van der Waals surface area contributed by atoms with E-state index in [1.807, 2.05) is 24.3 Å². The van der Waals surface area contributed by atoms with Crippen LogP contribution in [0.25, 0.3) is 0 Å². The molecule has 0 aliphatic heterocycles. The van der Waals surface area contributed by atoms with Crippen molar-refractivity contribution < 1.29 is 14.6 Å². The van der Waals surface area contributed by atoms with Crippen LogP contribution in [0, 0.1) is 0 Å². The summed E-state index contributed by atoms with van der Waals surface area (Å²) in [6.45, 7) is 2.19. The van der Waals surface area contributed by atoms with Gasteiger partial charge in [-0.15, -0.1) is 0 Å². The fraction of sp³-hybridized carbons (Fsp3) is 0.462. The van der Waals surface area contributed by atoms with Crippen LogP contribution in [0.2, 0.25) is 0 Å². The Bertz CT molecular complexity index is 316. The molecule has 0 bridgehead atoms. The van der Waals surface area contributed by atoms with E-state index in [4.69, 9.17) is 4.74 Å².